The molecule has 2 aromatic heterocycles. The van der Waals surface area contributed by atoms with Crippen LogP contribution in [0.4, 0.5) is 0 Å². The normalized spacial score (nSPS) is 21.5. The monoisotopic (exact) mass is 297 g/mol. The minimum atomic E-state index is -2.88. The molecule has 7 nitrogen and oxygen atoms in total. The summed E-state index contributed by atoms with van der Waals surface area (Å²) >= 11 is 0. The molecule has 0 bridgehead atoms. The van der Waals surface area contributed by atoms with Gasteiger partial charge < -0.3 is 9.73 Å². The molecule has 1 saturated heterocycles. The summed E-state index contributed by atoms with van der Waals surface area (Å²) in [6, 6.07) is 3.37. The maximum Gasteiger partial charge on any atom is 0.421 e. The van der Waals surface area contributed by atoms with Crippen LogP contribution >= 0.6 is 0 Å². The topological polar surface area (TPSA) is 94.2 Å². The Labute approximate surface area is 115 Å². The third-order valence-corrected chi connectivity index (χ3v) is 5.19. The summed E-state index contributed by atoms with van der Waals surface area (Å²) in [7, 11) is -2.88. The van der Waals surface area contributed by atoms with Crippen molar-refractivity contribution in [2.75, 3.05) is 18.1 Å². The van der Waals surface area contributed by atoms with E-state index in [1.54, 1.807) is 18.3 Å². The third kappa shape index (κ3) is 2.61. The molecular weight excluding hydrogens is 282 g/mol. The van der Waals surface area contributed by atoms with Gasteiger partial charge in [0.05, 0.1) is 11.5 Å². The van der Waals surface area contributed by atoms with Gasteiger partial charge in [0, 0.05) is 25.3 Å². The SMILES string of the molecule is O=c1oc2cccnc2n1CCNC1CCS(=O)(=O)C1. The van der Waals surface area contributed by atoms with E-state index in [0.29, 0.717) is 30.7 Å². The summed E-state index contributed by atoms with van der Waals surface area (Å²) < 4.78 is 29.2. The molecule has 0 saturated carbocycles. The van der Waals surface area contributed by atoms with Crippen LogP contribution in [-0.2, 0) is 16.4 Å². The quantitative estimate of drug-likeness (QED) is 0.837. The Morgan fingerprint density at radius 1 is 1.50 bits per heavy atom. The fraction of sp³-hybridized carbons (Fsp3) is 0.500. The highest BCUT2D eigenvalue weighted by molar-refractivity contribution is 7.91. The molecule has 1 N–H and O–H groups in total. The average molecular weight is 297 g/mol. The fourth-order valence-corrected chi connectivity index (χ4v) is 4.14. The summed E-state index contributed by atoms with van der Waals surface area (Å²) in [4.78, 5) is 15.8. The first kappa shape index (κ1) is 13.3. The van der Waals surface area contributed by atoms with Crippen LogP contribution in [0.3, 0.4) is 0 Å². The summed E-state index contributed by atoms with van der Waals surface area (Å²) in [6.07, 6.45) is 2.23. The number of nitrogens with zero attached hydrogens (tertiary/aromatic N) is 2. The number of hydrogen-bond donors (Lipinski definition) is 1. The third-order valence-electron chi connectivity index (χ3n) is 3.43. The van der Waals surface area contributed by atoms with Crippen molar-refractivity contribution in [3.05, 3.63) is 28.9 Å². The Hall–Kier alpha value is -1.67. The van der Waals surface area contributed by atoms with Gasteiger partial charge in [-0.05, 0) is 18.6 Å². The first-order chi connectivity index (χ1) is 9.55. The fourth-order valence-electron chi connectivity index (χ4n) is 2.43. The van der Waals surface area contributed by atoms with Crippen molar-refractivity contribution >= 4 is 21.1 Å². The van der Waals surface area contributed by atoms with Crippen LogP contribution in [0.25, 0.3) is 11.2 Å². The van der Waals surface area contributed by atoms with Gasteiger partial charge in [-0.1, -0.05) is 0 Å². The molecular formula is C12H15N3O4S. The molecule has 1 fully saturated rings. The van der Waals surface area contributed by atoms with Crippen molar-refractivity contribution < 1.29 is 12.8 Å². The lowest BCUT2D eigenvalue weighted by molar-refractivity contribution is 0.475. The van der Waals surface area contributed by atoms with Gasteiger partial charge in [0.1, 0.15) is 0 Å². The molecule has 1 aliphatic heterocycles. The van der Waals surface area contributed by atoms with E-state index >= 15 is 0 Å². The molecule has 108 valence electrons. The molecule has 0 aromatic carbocycles. The number of pyridine rings is 1. The van der Waals surface area contributed by atoms with E-state index in [9.17, 15) is 13.2 Å². The molecule has 2 aromatic rings. The molecule has 0 amide bonds. The number of aromatic nitrogens is 2. The van der Waals surface area contributed by atoms with Crippen molar-refractivity contribution in [3.8, 4) is 0 Å². The van der Waals surface area contributed by atoms with E-state index in [1.807, 2.05) is 0 Å². The number of fused-ring (bicyclic) bond motifs is 1. The largest absolute Gasteiger partial charge is 0.421 e. The second kappa shape index (κ2) is 5.02. The number of nitrogens with one attached hydrogen (secondary N) is 1. The Bertz CT molecular complexity index is 777. The predicted octanol–water partition coefficient (Wildman–Crippen LogP) is -0.234. The summed E-state index contributed by atoms with van der Waals surface area (Å²) in [6.45, 7) is 0.907. The second-order valence-electron chi connectivity index (χ2n) is 4.90. The highest BCUT2D eigenvalue weighted by Crippen LogP contribution is 2.11. The smallest absolute Gasteiger partial charge is 0.406 e. The zero-order chi connectivity index (χ0) is 14.2. The maximum atomic E-state index is 11.7. The van der Waals surface area contributed by atoms with Crippen LogP contribution in [-0.4, -0.2) is 42.1 Å². The second-order valence-corrected chi connectivity index (χ2v) is 7.13. The Kier molecular flexibility index (Phi) is 3.35. The predicted molar refractivity (Wildman–Crippen MR) is 73.3 cm³/mol. The van der Waals surface area contributed by atoms with Gasteiger partial charge in [-0.15, -0.1) is 0 Å². The first-order valence-electron chi connectivity index (χ1n) is 6.43. The Balaban J connectivity index is 1.66. The van der Waals surface area contributed by atoms with Gasteiger partial charge >= 0.3 is 5.76 Å². The molecule has 3 rings (SSSR count). The minimum Gasteiger partial charge on any atom is -0.406 e. The van der Waals surface area contributed by atoms with Gasteiger partial charge in [-0.25, -0.2) is 18.2 Å². The lowest BCUT2D eigenvalue weighted by Gasteiger charge is -2.10. The van der Waals surface area contributed by atoms with Crippen LogP contribution in [0.1, 0.15) is 6.42 Å². The van der Waals surface area contributed by atoms with Gasteiger partial charge in [0.2, 0.25) is 0 Å². The average Bonchev–Trinajstić information content (AvgIpc) is 2.90. The molecule has 8 heteroatoms. The number of sulfone groups is 1. The Morgan fingerprint density at radius 3 is 3.10 bits per heavy atom. The van der Waals surface area contributed by atoms with Crippen molar-refractivity contribution in [3.63, 3.8) is 0 Å². The van der Waals surface area contributed by atoms with Crippen LogP contribution in [0.2, 0.25) is 0 Å². The lowest BCUT2D eigenvalue weighted by Crippen LogP contribution is -2.34. The molecule has 0 aliphatic carbocycles. The number of hydrogen-bond acceptors (Lipinski definition) is 6. The molecule has 0 spiro atoms. The van der Waals surface area contributed by atoms with E-state index in [-0.39, 0.29) is 17.5 Å². The lowest BCUT2D eigenvalue weighted by atomic mass is 10.2. The summed E-state index contributed by atoms with van der Waals surface area (Å²) in [5.41, 5.74) is 0.972. The van der Waals surface area contributed by atoms with Crippen molar-refractivity contribution in [1.82, 2.24) is 14.9 Å². The molecule has 1 aliphatic rings. The zero-order valence-corrected chi connectivity index (χ0v) is 11.6. The van der Waals surface area contributed by atoms with E-state index < -0.39 is 15.6 Å². The van der Waals surface area contributed by atoms with Gasteiger partial charge in [-0.3, -0.25) is 4.57 Å². The molecule has 20 heavy (non-hydrogen) atoms. The number of rotatable bonds is 4. The molecule has 1 unspecified atom stereocenters. The molecule has 0 radical (unpaired) electrons. The Morgan fingerprint density at radius 2 is 2.35 bits per heavy atom. The van der Waals surface area contributed by atoms with Gasteiger partial charge in [0.25, 0.3) is 0 Å². The summed E-state index contributed by atoms with van der Waals surface area (Å²) in [5.74, 6) is -0.0351. The van der Waals surface area contributed by atoms with Crippen molar-refractivity contribution in [2.24, 2.45) is 0 Å². The zero-order valence-electron chi connectivity index (χ0n) is 10.8. The van der Waals surface area contributed by atoms with E-state index in [0.717, 1.165) is 0 Å². The van der Waals surface area contributed by atoms with Crippen molar-refractivity contribution in [2.45, 2.75) is 19.0 Å². The standard InChI is InChI=1S/C12H15N3O4S/c16-12-15(11-10(19-12)2-1-4-14-11)6-5-13-9-3-7-20(17,18)8-9/h1-2,4,9,13H,3,5-8H2. The van der Waals surface area contributed by atoms with Crippen LogP contribution in [0.5, 0.6) is 0 Å². The highest BCUT2D eigenvalue weighted by Gasteiger charge is 2.27. The van der Waals surface area contributed by atoms with E-state index in [1.165, 1.54) is 4.57 Å². The summed E-state index contributed by atoms with van der Waals surface area (Å²) in [5, 5.41) is 3.16. The van der Waals surface area contributed by atoms with Gasteiger partial charge in [0.15, 0.2) is 21.1 Å². The van der Waals surface area contributed by atoms with Crippen LogP contribution in [0, 0.1) is 0 Å². The van der Waals surface area contributed by atoms with Crippen LogP contribution < -0.4 is 11.1 Å². The van der Waals surface area contributed by atoms with E-state index in [2.05, 4.69) is 10.3 Å². The van der Waals surface area contributed by atoms with Crippen LogP contribution in [0.15, 0.2) is 27.5 Å². The molecule has 3 heterocycles. The van der Waals surface area contributed by atoms with E-state index in [4.69, 9.17) is 4.42 Å². The maximum absolute atomic E-state index is 11.7. The van der Waals surface area contributed by atoms with Gasteiger partial charge in [-0.2, -0.15) is 0 Å². The van der Waals surface area contributed by atoms with Crippen molar-refractivity contribution in [1.29, 1.82) is 0 Å². The number of oxazole rings is 1. The first-order valence-corrected chi connectivity index (χ1v) is 8.25. The molecule has 1 atom stereocenters. The minimum absolute atomic E-state index is 0.0261. The highest BCUT2D eigenvalue weighted by atomic mass is 32.2.